The molecule has 0 atom stereocenters. The molecule has 0 amide bonds. The standard InChI is InChI=1S/C16H8Cl2N2OS/c17-10-6-5-9-8-19-20-15(21)14(22-16(20)12(9)7-10)11-3-1-2-4-13(11)18/h1-8H/p+1. The van der Waals surface area contributed by atoms with Crippen LogP contribution in [-0.2, 0) is 0 Å². The van der Waals surface area contributed by atoms with Crippen LogP contribution < -0.4 is 4.52 Å². The van der Waals surface area contributed by atoms with E-state index in [1.807, 2.05) is 36.4 Å². The number of fused-ring (bicyclic) bond motifs is 3. The predicted octanol–water partition coefficient (Wildman–Crippen LogP) is 4.71. The van der Waals surface area contributed by atoms with Crippen molar-refractivity contribution in [2.75, 3.05) is 0 Å². The molecule has 2 aromatic carbocycles. The largest absolute Gasteiger partial charge is 0.457 e. The van der Waals surface area contributed by atoms with E-state index in [0.717, 1.165) is 21.2 Å². The van der Waals surface area contributed by atoms with Crippen molar-refractivity contribution in [1.82, 2.24) is 5.10 Å². The van der Waals surface area contributed by atoms with Gasteiger partial charge in [-0.25, -0.2) is 0 Å². The van der Waals surface area contributed by atoms with Crippen molar-refractivity contribution in [2.45, 2.75) is 0 Å². The number of nitrogens with zero attached hydrogens (tertiary/aromatic N) is 2. The van der Waals surface area contributed by atoms with E-state index < -0.39 is 0 Å². The molecular weight excluding hydrogens is 339 g/mol. The monoisotopic (exact) mass is 347 g/mol. The van der Waals surface area contributed by atoms with Crippen molar-refractivity contribution in [1.29, 1.82) is 0 Å². The van der Waals surface area contributed by atoms with Crippen molar-refractivity contribution in [2.24, 2.45) is 0 Å². The van der Waals surface area contributed by atoms with Crippen LogP contribution in [0.5, 0.6) is 5.88 Å². The zero-order chi connectivity index (χ0) is 15.3. The molecule has 22 heavy (non-hydrogen) atoms. The summed E-state index contributed by atoms with van der Waals surface area (Å²) in [6.45, 7) is 0. The molecule has 108 valence electrons. The van der Waals surface area contributed by atoms with Gasteiger partial charge in [-0.05, 0) is 18.2 Å². The second-order valence-corrected chi connectivity index (χ2v) is 6.67. The van der Waals surface area contributed by atoms with Crippen LogP contribution in [0.25, 0.3) is 26.0 Å². The Labute approximate surface area is 140 Å². The summed E-state index contributed by atoms with van der Waals surface area (Å²) in [6.07, 6.45) is 1.71. The molecule has 0 radical (unpaired) electrons. The van der Waals surface area contributed by atoms with Gasteiger partial charge in [-0.15, -0.1) is 0 Å². The van der Waals surface area contributed by atoms with Crippen LogP contribution in [0.15, 0.2) is 48.7 Å². The average molecular weight is 348 g/mol. The zero-order valence-corrected chi connectivity index (χ0v) is 13.5. The molecule has 0 aliphatic carbocycles. The lowest BCUT2D eigenvalue weighted by Crippen LogP contribution is -2.23. The molecule has 0 fully saturated rings. The van der Waals surface area contributed by atoms with Crippen LogP contribution in [-0.4, -0.2) is 10.2 Å². The van der Waals surface area contributed by atoms with Gasteiger partial charge in [0.1, 0.15) is 6.20 Å². The van der Waals surface area contributed by atoms with E-state index in [1.54, 1.807) is 12.3 Å². The van der Waals surface area contributed by atoms with E-state index in [2.05, 4.69) is 5.10 Å². The highest BCUT2D eigenvalue weighted by Gasteiger charge is 2.26. The minimum Gasteiger partial charge on any atom is -0.457 e. The molecule has 2 heterocycles. The molecule has 0 saturated carbocycles. The van der Waals surface area contributed by atoms with Gasteiger partial charge < -0.3 is 5.11 Å². The number of hydrogen-bond acceptors (Lipinski definition) is 3. The van der Waals surface area contributed by atoms with Crippen LogP contribution in [0.4, 0.5) is 0 Å². The normalized spacial score (nSPS) is 11.4. The fraction of sp³-hybridized carbons (Fsp3) is 0. The first-order valence-electron chi connectivity index (χ1n) is 6.52. The van der Waals surface area contributed by atoms with Gasteiger partial charge in [0, 0.05) is 30.6 Å². The van der Waals surface area contributed by atoms with Crippen molar-refractivity contribution < 1.29 is 9.62 Å². The lowest BCUT2D eigenvalue weighted by atomic mass is 10.2. The minimum absolute atomic E-state index is 0.0787. The molecule has 0 spiro atoms. The third-order valence-corrected chi connectivity index (χ3v) is 5.23. The molecule has 1 N–H and O–H groups in total. The summed E-state index contributed by atoms with van der Waals surface area (Å²) < 4.78 is 1.52. The first-order chi connectivity index (χ1) is 10.6. The second kappa shape index (κ2) is 5.09. The number of hydrogen-bond donors (Lipinski definition) is 1. The van der Waals surface area contributed by atoms with E-state index in [-0.39, 0.29) is 5.88 Å². The number of benzene rings is 2. The third kappa shape index (κ3) is 2.03. The maximum absolute atomic E-state index is 10.5. The van der Waals surface area contributed by atoms with Crippen molar-refractivity contribution in [3.63, 3.8) is 0 Å². The van der Waals surface area contributed by atoms with Gasteiger partial charge in [0.25, 0.3) is 0 Å². The van der Waals surface area contributed by atoms with Gasteiger partial charge in [-0.3, -0.25) is 0 Å². The SMILES string of the molecule is Oc1c(-c2ccccc2Cl)sc2c3cc(Cl)ccc3cn[n+]12. The van der Waals surface area contributed by atoms with E-state index in [9.17, 15) is 5.11 Å². The maximum Gasteiger partial charge on any atom is 0.416 e. The Morgan fingerprint density at radius 3 is 2.73 bits per heavy atom. The summed E-state index contributed by atoms with van der Waals surface area (Å²) in [5, 5.41) is 18.0. The molecule has 2 aromatic heterocycles. The maximum atomic E-state index is 10.5. The molecule has 3 nitrogen and oxygen atoms in total. The van der Waals surface area contributed by atoms with Crippen LogP contribution in [0, 0.1) is 0 Å². The molecule has 0 aliphatic rings. The smallest absolute Gasteiger partial charge is 0.416 e. The summed E-state index contributed by atoms with van der Waals surface area (Å²) in [4.78, 5) is 1.51. The van der Waals surface area contributed by atoms with E-state index in [4.69, 9.17) is 23.2 Å². The number of aromatic hydroxyl groups is 1. The molecule has 4 aromatic rings. The van der Waals surface area contributed by atoms with Gasteiger partial charge >= 0.3 is 10.7 Å². The third-order valence-electron chi connectivity index (χ3n) is 3.47. The summed E-state index contributed by atoms with van der Waals surface area (Å²) in [6, 6.07) is 13.0. The first kappa shape index (κ1) is 13.8. The Bertz CT molecular complexity index is 1030. The van der Waals surface area contributed by atoms with E-state index in [0.29, 0.717) is 14.9 Å². The highest BCUT2D eigenvalue weighted by atomic mass is 35.5. The van der Waals surface area contributed by atoms with Crippen molar-refractivity contribution in [3.8, 4) is 16.3 Å². The lowest BCUT2D eigenvalue weighted by molar-refractivity contribution is -0.583. The summed E-state index contributed by atoms with van der Waals surface area (Å²) in [7, 11) is 0. The Hall–Kier alpha value is -1.88. The molecule has 0 aliphatic heterocycles. The summed E-state index contributed by atoms with van der Waals surface area (Å²) >= 11 is 13.8. The Morgan fingerprint density at radius 2 is 1.91 bits per heavy atom. The zero-order valence-electron chi connectivity index (χ0n) is 11.1. The second-order valence-electron chi connectivity index (χ2n) is 4.83. The van der Waals surface area contributed by atoms with Crippen LogP contribution in [0.3, 0.4) is 0 Å². The molecule has 0 unspecified atom stereocenters. The van der Waals surface area contributed by atoms with Gasteiger partial charge in [0.15, 0.2) is 4.88 Å². The van der Waals surface area contributed by atoms with Crippen molar-refractivity contribution >= 4 is 50.1 Å². The Kier molecular flexibility index (Phi) is 3.18. The minimum atomic E-state index is 0.0787. The molecule has 0 bridgehead atoms. The number of rotatable bonds is 1. The van der Waals surface area contributed by atoms with Gasteiger partial charge in [-0.2, -0.15) is 0 Å². The lowest BCUT2D eigenvalue weighted by Gasteiger charge is -1.97. The number of halogens is 2. The molecule has 0 saturated heterocycles. The molecular formula is C16H9Cl2N2OS+. The number of aromatic nitrogens is 2. The van der Waals surface area contributed by atoms with E-state index in [1.165, 1.54) is 15.9 Å². The fourth-order valence-corrected chi connectivity index (χ4v) is 4.05. The number of thiazole rings is 1. The summed E-state index contributed by atoms with van der Waals surface area (Å²) in [5.74, 6) is 0.0787. The van der Waals surface area contributed by atoms with Gasteiger partial charge in [-0.1, -0.05) is 58.8 Å². The quantitative estimate of drug-likeness (QED) is 0.506. The van der Waals surface area contributed by atoms with Gasteiger partial charge in [0.05, 0.1) is 5.39 Å². The highest BCUT2D eigenvalue weighted by Crippen LogP contribution is 2.39. The fourth-order valence-electron chi connectivity index (χ4n) is 2.42. The molecule has 6 heteroatoms. The van der Waals surface area contributed by atoms with Crippen LogP contribution in [0.2, 0.25) is 10.0 Å². The first-order valence-corrected chi connectivity index (χ1v) is 8.09. The predicted molar refractivity (Wildman–Crippen MR) is 89.9 cm³/mol. The molecule has 4 rings (SSSR count). The highest BCUT2D eigenvalue weighted by molar-refractivity contribution is 7.21. The van der Waals surface area contributed by atoms with E-state index >= 15 is 0 Å². The average Bonchev–Trinajstić information content (AvgIpc) is 2.85. The Morgan fingerprint density at radius 1 is 1.09 bits per heavy atom. The summed E-state index contributed by atoms with van der Waals surface area (Å²) in [5.41, 5.74) is 0.785. The topological polar surface area (TPSA) is 37.2 Å². The van der Waals surface area contributed by atoms with Crippen LogP contribution in [0.1, 0.15) is 0 Å². The van der Waals surface area contributed by atoms with Gasteiger partial charge in [0.2, 0.25) is 0 Å². The van der Waals surface area contributed by atoms with Crippen LogP contribution >= 0.6 is 34.5 Å². The van der Waals surface area contributed by atoms with Crippen molar-refractivity contribution in [3.05, 3.63) is 58.7 Å². The Balaban J connectivity index is 2.10.